The Labute approximate surface area is 108 Å². The zero-order valence-corrected chi connectivity index (χ0v) is 11.4. The molecule has 0 aliphatic heterocycles. The van der Waals surface area contributed by atoms with Crippen molar-refractivity contribution < 1.29 is 19.1 Å². The molecule has 1 aromatic carbocycles. The van der Waals surface area contributed by atoms with Gasteiger partial charge in [0.1, 0.15) is 5.75 Å². The maximum atomic E-state index is 11.4. The summed E-state index contributed by atoms with van der Waals surface area (Å²) in [6, 6.07) is 5.04. The van der Waals surface area contributed by atoms with Crippen molar-refractivity contribution in [3.8, 4) is 5.75 Å². The lowest BCUT2D eigenvalue weighted by Crippen LogP contribution is -2.25. The third-order valence-corrected chi connectivity index (χ3v) is 2.65. The number of Topliss-reactive ketones (excluding diaryl/α,β-unsaturated/α-hetero) is 1. The molecule has 0 aliphatic carbocycles. The van der Waals surface area contributed by atoms with Crippen LogP contribution in [0.25, 0.3) is 0 Å². The van der Waals surface area contributed by atoms with E-state index >= 15 is 0 Å². The van der Waals surface area contributed by atoms with E-state index in [0.717, 1.165) is 4.47 Å². The Morgan fingerprint density at radius 1 is 1.35 bits per heavy atom. The molecule has 17 heavy (non-hydrogen) atoms. The van der Waals surface area contributed by atoms with E-state index in [1.807, 2.05) is 0 Å². The number of hydrogen-bond donors (Lipinski definition) is 0. The summed E-state index contributed by atoms with van der Waals surface area (Å²) in [5.74, 6) is -0.237. The predicted octanol–water partition coefficient (Wildman–Crippen LogP) is 2.59. The lowest BCUT2D eigenvalue weighted by atomic mass is 10.1. The molecule has 0 saturated heterocycles. The van der Waals surface area contributed by atoms with Gasteiger partial charge < -0.3 is 9.47 Å². The third-order valence-electron chi connectivity index (χ3n) is 2.16. The molecular formula is C12H13BrO4. The van der Waals surface area contributed by atoms with Crippen LogP contribution in [0.3, 0.4) is 0 Å². The van der Waals surface area contributed by atoms with Crippen molar-refractivity contribution in [2.24, 2.45) is 0 Å². The Balaban J connectivity index is 2.98. The van der Waals surface area contributed by atoms with Crippen LogP contribution in [0.15, 0.2) is 22.7 Å². The maximum Gasteiger partial charge on any atom is 0.346 e. The summed E-state index contributed by atoms with van der Waals surface area (Å²) in [6.45, 7) is 3.01. The Bertz CT molecular complexity index is 442. The van der Waals surface area contributed by atoms with Crippen LogP contribution in [0, 0.1) is 0 Å². The second-order valence-electron chi connectivity index (χ2n) is 3.48. The first-order valence-electron chi connectivity index (χ1n) is 5.00. The fourth-order valence-electron chi connectivity index (χ4n) is 1.28. The van der Waals surface area contributed by atoms with Crippen LogP contribution in [-0.4, -0.2) is 25.0 Å². The standard InChI is InChI=1S/C12H13BrO4/c1-7(14)10-6-9(13)4-5-11(10)17-8(2)12(15)16-3/h4-6,8H,1-3H3. The number of rotatable bonds is 4. The minimum absolute atomic E-state index is 0.127. The van der Waals surface area contributed by atoms with Crippen molar-refractivity contribution in [1.82, 2.24) is 0 Å². The number of esters is 1. The first-order chi connectivity index (χ1) is 7.95. The molecule has 0 aromatic heterocycles. The number of methoxy groups -OCH3 is 1. The van der Waals surface area contributed by atoms with Crippen LogP contribution in [0.5, 0.6) is 5.75 Å². The highest BCUT2D eigenvalue weighted by Gasteiger charge is 2.18. The number of halogens is 1. The zero-order valence-electron chi connectivity index (χ0n) is 9.82. The van der Waals surface area contributed by atoms with Gasteiger partial charge in [-0.15, -0.1) is 0 Å². The second-order valence-corrected chi connectivity index (χ2v) is 4.40. The summed E-state index contributed by atoms with van der Waals surface area (Å²) in [4.78, 5) is 22.6. The van der Waals surface area contributed by atoms with E-state index in [1.54, 1.807) is 25.1 Å². The summed E-state index contributed by atoms with van der Waals surface area (Å²) in [5.41, 5.74) is 0.426. The van der Waals surface area contributed by atoms with Crippen molar-refractivity contribution in [3.63, 3.8) is 0 Å². The van der Waals surface area contributed by atoms with Crippen molar-refractivity contribution in [2.75, 3.05) is 7.11 Å². The van der Waals surface area contributed by atoms with Gasteiger partial charge in [-0.05, 0) is 32.0 Å². The minimum atomic E-state index is -0.751. The number of hydrogen-bond acceptors (Lipinski definition) is 4. The van der Waals surface area contributed by atoms with Crippen LogP contribution < -0.4 is 4.74 Å². The average molecular weight is 301 g/mol. The Kier molecular flexibility index (Phi) is 4.69. The van der Waals surface area contributed by atoms with E-state index in [0.29, 0.717) is 11.3 Å². The van der Waals surface area contributed by atoms with Crippen molar-refractivity contribution in [2.45, 2.75) is 20.0 Å². The largest absolute Gasteiger partial charge is 0.478 e. The fourth-order valence-corrected chi connectivity index (χ4v) is 1.65. The Morgan fingerprint density at radius 3 is 2.53 bits per heavy atom. The molecule has 0 heterocycles. The third kappa shape index (κ3) is 3.56. The molecule has 0 fully saturated rings. The smallest absolute Gasteiger partial charge is 0.346 e. The number of benzene rings is 1. The fraction of sp³-hybridized carbons (Fsp3) is 0.333. The molecule has 1 rings (SSSR count). The summed E-state index contributed by atoms with van der Waals surface area (Å²) in [5, 5.41) is 0. The van der Waals surface area contributed by atoms with Crippen molar-refractivity contribution in [3.05, 3.63) is 28.2 Å². The molecular weight excluding hydrogens is 288 g/mol. The van der Waals surface area contributed by atoms with E-state index in [9.17, 15) is 9.59 Å². The minimum Gasteiger partial charge on any atom is -0.478 e. The lowest BCUT2D eigenvalue weighted by Gasteiger charge is -2.14. The van der Waals surface area contributed by atoms with Gasteiger partial charge in [-0.3, -0.25) is 4.79 Å². The normalized spacial score (nSPS) is 11.8. The average Bonchev–Trinajstić information content (AvgIpc) is 2.29. The van der Waals surface area contributed by atoms with Crippen LogP contribution >= 0.6 is 15.9 Å². The van der Waals surface area contributed by atoms with Gasteiger partial charge in [0.2, 0.25) is 0 Å². The molecule has 5 heteroatoms. The van der Waals surface area contributed by atoms with Gasteiger partial charge in [0, 0.05) is 4.47 Å². The first kappa shape index (κ1) is 13.7. The Hall–Kier alpha value is -1.36. The number of carbonyl (C=O) groups excluding carboxylic acids is 2. The Morgan fingerprint density at radius 2 is 2.00 bits per heavy atom. The van der Waals surface area contributed by atoms with Gasteiger partial charge in [-0.25, -0.2) is 4.79 Å². The second kappa shape index (κ2) is 5.82. The first-order valence-corrected chi connectivity index (χ1v) is 5.80. The van der Waals surface area contributed by atoms with Crippen LogP contribution in [0.2, 0.25) is 0 Å². The molecule has 0 radical (unpaired) electrons. The van der Waals surface area contributed by atoms with Gasteiger partial charge in [0.25, 0.3) is 0 Å². The molecule has 92 valence electrons. The van der Waals surface area contributed by atoms with Crippen LogP contribution in [0.1, 0.15) is 24.2 Å². The molecule has 0 saturated carbocycles. The molecule has 0 aliphatic rings. The molecule has 0 amide bonds. The highest BCUT2D eigenvalue weighted by molar-refractivity contribution is 9.10. The van der Waals surface area contributed by atoms with E-state index in [1.165, 1.54) is 14.0 Å². The quantitative estimate of drug-likeness (QED) is 0.633. The molecule has 0 bridgehead atoms. The van der Waals surface area contributed by atoms with Gasteiger partial charge in [0.15, 0.2) is 11.9 Å². The topological polar surface area (TPSA) is 52.6 Å². The summed E-state index contributed by atoms with van der Waals surface area (Å²) >= 11 is 3.27. The molecule has 1 atom stereocenters. The predicted molar refractivity (Wildman–Crippen MR) is 66.3 cm³/mol. The van der Waals surface area contributed by atoms with Gasteiger partial charge >= 0.3 is 5.97 Å². The number of ketones is 1. The van der Waals surface area contributed by atoms with Gasteiger partial charge in [0.05, 0.1) is 12.7 Å². The molecule has 1 aromatic rings. The molecule has 0 N–H and O–H groups in total. The highest BCUT2D eigenvalue weighted by Crippen LogP contribution is 2.24. The zero-order chi connectivity index (χ0) is 13.0. The van der Waals surface area contributed by atoms with Crippen molar-refractivity contribution >= 4 is 27.7 Å². The monoisotopic (exact) mass is 300 g/mol. The summed E-state index contributed by atoms with van der Waals surface area (Å²) < 4.78 is 10.7. The lowest BCUT2D eigenvalue weighted by molar-refractivity contribution is -0.147. The molecule has 4 nitrogen and oxygen atoms in total. The van der Waals surface area contributed by atoms with Crippen molar-refractivity contribution in [1.29, 1.82) is 0 Å². The number of carbonyl (C=O) groups is 2. The van der Waals surface area contributed by atoms with E-state index in [4.69, 9.17) is 4.74 Å². The van der Waals surface area contributed by atoms with Crippen LogP contribution in [-0.2, 0) is 9.53 Å². The SMILES string of the molecule is COC(=O)C(C)Oc1ccc(Br)cc1C(C)=O. The molecule has 1 unspecified atom stereocenters. The van der Waals surface area contributed by atoms with E-state index in [-0.39, 0.29) is 5.78 Å². The highest BCUT2D eigenvalue weighted by atomic mass is 79.9. The number of ether oxygens (including phenoxy) is 2. The van der Waals surface area contributed by atoms with E-state index in [2.05, 4.69) is 20.7 Å². The summed E-state index contributed by atoms with van der Waals surface area (Å²) in [6.07, 6.45) is -0.751. The summed E-state index contributed by atoms with van der Waals surface area (Å²) in [7, 11) is 1.29. The van der Waals surface area contributed by atoms with Gasteiger partial charge in [-0.2, -0.15) is 0 Å². The van der Waals surface area contributed by atoms with Gasteiger partial charge in [-0.1, -0.05) is 15.9 Å². The van der Waals surface area contributed by atoms with E-state index < -0.39 is 12.1 Å². The molecule has 0 spiro atoms. The maximum absolute atomic E-state index is 11.4. The van der Waals surface area contributed by atoms with Crippen LogP contribution in [0.4, 0.5) is 0 Å².